The maximum absolute atomic E-state index is 9.50. The highest BCUT2D eigenvalue weighted by atomic mass is 16.5. The first-order valence-electron chi connectivity index (χ1n) is 6.98. The number of ether oxygens (including phenoxy) is 2. The Bertz CT molecular complexity index is 768. The largest absolute Gasteiger partial charge is 0.497 e. The number of aromatic amines is 1. The molecule has 0 radical (unpaired) electrons. The number of nitrogens with zero attached hydrogens (tertiary/aromatic N) is 2. The number of H-pyrrole nitrogens is 1. The van der Waals surface area contributed by atoms with Gasteiger partial charge in [0.05, 0.1) is 13.0 Å². The summed E-state index contributed by atoms with van der Waals surface area (Å²) in [6, 6.07) is 9.75. The fourth-order valence-electron chi connectivity index (χ4n) is 2.71. The normalized spacial score (nSPS) is 16.7. The van der Waals surface area contributed by atoms with Crippen LogP contribution in [0.25, 0.3) is 0 Å². The van der Waals surface area contributed by atoms with E-state index in [9.17, 15) is 5.26 Å². The molecule has 2 aromatic rings. The summed E-state index contributed by atoms with van der Waals surface area (Å²) < 4.78 is 10.7. The van der Waals surface area contributed by atoms with Crippen LogP contribution in [0.15, 0.2) is 35.7 Å². The van der Waals surface area contributed by atoms with E-state index in [1.165, 1.54) is 0 Å². The van der Waals surface area contributed by atoms with Crippen LogP contribution in [0.3, 0.4) is 0 Å². The first-order valence-corrected chi connectivity index (χ1v) is 6.98. The van der Waals surface area contributed by atoms with E-state index in [1.807, 2.05) is 31.2 Å². The van der Waals surface area contributed by atoms with Gasteiger partial charge in [0.25, 0.3) is 0 Å². The van der Waals surface area contributed by atoms with Crippen molar-refractivity contribution in [3.63, 3.8) is 0 Å². The maximum Gasteiger partial charge on any atom is 0.244 e. The Hall–Kier alpha value is -2.94. The van der Waals surface area contributed by atoms with E-state index in [-0.39, 0.29) is 11.8 Å². The van der Waals surface area contributed by atoms with Gasteiger partial charge in [0, 0.05) is 11.3 Å². The van der Waals surface area contributed by atoms with Crippen molar-refractivity contribution in [2.45, 2.75) is 19.3 Å². The van der Waals surface area contributed by atoms with E-state index in [0.717, 1.165) is 29.0 Å². The van der Waals surface area contributed by atoms with Crippen molar-refractivity contribution >= 4 is 0 Å². The van der Waals surface area contributed by atoms with E-state index in [2.05, 4.69) is 16.3 Å². The van der Waals surface area contributed by atoms with Crippen LogP contribution in [0.4, 0.5) is 0 Å². The molecule has 3 rings (SSSR count). The van der Waals surface area contributed by atoms with Gasteiger partial charge in [-0.05, 0) is 24.1 Å². The highest BCUT2D eigenvalue weighted by molar-refractivity contribution is 5.55. The van der Waals surface area contributed by atoms with Gasteiger partial charge in [-0.2, -0.15) is 5.26 Å². The monoisotopic (exact) mass is 296 g/mol. The summed E-state index contributed by atoms with van der Waals surface area (Å²) in [5, 5.41) is 16.6. The number of nitrogens with one attached hydrogen (secondary N) is 1. The molecule has 6 nitrogen and oxygen atoms in total. The molecule has 1 aliphatic rings. The molecule has 6 heteroatoms. The predicted octanol–water partition coefficient (Wildman–Crippen LogP) is 2.20. The summed E-state index contributed by atoms with van der Waals surface area (Å²) in [4.78, 5) is 0. The van der Waals surface area contributed by atoms with Crippen LogP contribution in [0.2, 0.25) is 0 Å². The second-order valence-corrected chi connectivity index (χ2v) is 4.97. The number of benzene rings is 1. The van der Waals surface area contributed by atoms with Gasteiger partial charge in [0.2, 0.25) is 11.8 Å². The molecule has 1 aliphatic heterocycles. The average molecular weight is 296 g/mol. The van der Waals surface area contributed by atoms with E-state index < -0.39 is 0 Å². The quantitative estimate of drug-likeness (QED) is 0.905. The number of rotatable bonds is 3. The number of hydrogen-bond donors (Lipinski definition) is 2. The molecule has 112 valence electrons. The smallest absolute Gasteiger partial charge is 0.244 e. The van der Waals surface area contributed by atoms with Crippen molar-refractivity contribution in [2.75, 3.05) is 7.11 Å². The Labute approximate surface area is 128 Å². The third-order valence-electron chi connectivity index (χ3n) is 3.82. The molecule has 0 spiro atoms. The highest BCUT2D eigenvalue weighted by Gasteiger charge is 2.34. The molecule has 0 fully saturated rings. The van der Waals surface area contributed by atoms with Crippen molar-refractivity contribution in [1.82, 2.24) is 10.2 Å². The van der Waals surface area contributed by atoms with Gasteiger partial charge in [-0.25, -0.2) is 0 Å². The van der Waals surface area contributed by atoms with Crippen LogP contribution in [0, 0.1) is 11.3 Å². The van der Waals surface area contributed by atoms with Crippen molar-refractivity contribution in [1.29, 1.82) is 5.26 Å². The average Bonchev–Trinajstić information content (AvgIpc) is 2.96. The number of aromatic nitrogens is 2. The van der Waals surface area contributed by atoms with Crippen molar-refractivity contribution in [3.8, 4) is 17.7 Å². The number of hydrogen-bond acceptors (Lipinski definition) is 5. The molecule has 0 saturated heterocycles. The summed E-state index contributed by atoms with van der Waals surface area (Å²) in [5.41, 5.74) is 9.05. The zero-order valence-electron chi connectivity index (χ0n) is 12.4. The molecule has 2 heterocycles. The van der Waals surface area contributed by atoms with E-state index in [4.69, 9.17) is 15.2 Å². The van der Waals surface area contributed by atoms with Crippen LogP contribution in [0.1, 0.15) is 29.7 Å². The zero-order valence-corrected chi connectivity index (χ0v) is 12.4. The van der Waals surface area contributed by atoms with Crippen LogP contribution in [0.5, 0.6) is 11.6 Å². The van der Waals surface area contributed by atoms with Crippen LogP contribution in [-0.4, -0.2) is 17.3 Å². The minimum absolute atomic E-state index is 0.102. The summed E-state index contributed by atoms with van der Waals surface area (Å²) in [7, 11) is 1.62. The second kappa shape index (κ2) is 5.45. The molecule has 22 heavy (non-hydrogen) atoms. The first-order chi connectivity index (χ1) is 10.7. The lowest BCUT2D eigenvalue weighted by Crippen LogP contribution is -2.21. The number of nitrogens with two attached hydrogens (primary N) is 1. The lowest BCUT2D eigenvalue weighted by molar-refractivity contribution is 0.378. The molecular weight excluding hydrogens is 280 g/mol. The highest BCUT2D eigenvalue weighted by Crippen LogP contribution is 2.43. The van der Waals surface area contributed by atoms with E-state index in [1.54, 1.807) is 7.11 Å². The molecular formula is C16H16N4O2. The summed E-state index contributed by atoms with van der Waals surface area (Å²) >= 11 is 0. The standard InChI is InChI=1S/C16H16N4O2/c1-3-12-14-13(9-4-6-10(21-2)7-5-9)11(8-17)15(18)22-16(14)20-19-12/h4-7,13H,3,18H2,1-2H3,(H,19,20)/t13-/m0/s1. The van der Waals surface area contributed by atoms with Gasteiger partial charge >= 0.3 is 0 Å². The minimum atomic E-state index is -0.284. The number of allylic oxidation sites excluding steroid dienone is 1. The summed E-state index contributed by atoms with van der Waals surface area (Å²) in [6.07, 6.45) is 0.761. The van der Waals surface area contributed by atoms with Gasteiger partial charge in [-0.15, -0.1) is 5.10 Å². The molecule has 1 aromatic heterocycles. The first kappa shape index (κ1) is 14.0. The molecule has 0 bridgehead atoms. The van der Waals surface area contributed by atoms with Gasteiger partial charge in [0.15, 0.2) is 0 Å². The number of aryl methyl sites for hydroxylation is 1. The predicted molar refractivity (Wildman–Crippen MR) is 80.3 cm³/mol. The fraction of sp³-hybridized carbons (Fsp3) is 0.250. The van der Waals surface area contributed by atoms with Crippen LogP contribution >= 0.6 is 0 Å². The zero-order chi connectivity index (χ0) is 15.7. The summed E-state index contributed by atoms with van der Waals surface area (Å²) in [6.45, 7) is 2.02. The van der Waals surface area contributed by atoms with Crippen molar-refractivity contribution in [2.24, 2.45) is 5.73 Å². The third-order valence-corrected chi connectivity index (χ3v) is 3.82. The Morgan fingerprint density at radius 2 is 2.14 bits per heavy atom. The molecule has 0 aliphatic carbocycles. The third kappa shape index (κ3) is 2.07. The van der Waals surface area contributed by atoms with Gasteiger partial charge < -0.3 is 15.2 Å². The minimum Gasteiger partial charge on any atom is -0.497 e. The van der Waals surface area contributed by atoms with E-state index in [0.29, 0.717) is 11.5 Å². The van der Waals surface area contributed by atoms with Gasteiger partial charge in [0.1, 0.15) is 17.4 Å². The van der Waals surface area contributed by atoms with Gasteiger partial charge in [-0.3, -0.25) is 5.10 Å². The number of fused-ring (bicyclic) bond motifs is 1. The lowest BCUT2D eigenvalue weighted by Gasteiger charge is -2.24. The van der Waals surface area contributed by atoms with Crippen molar-refractivity contribution in [3.05, 3.63) is 52.5 Å². The van der Waals surface area contributed by atoms with Gasteiger partial charge in [-0.1, -0.05) is 19.1 Å². The van der Waals surface area contributed by atoms with E-state index >= 15 is 0 Å². The van der Waals surface area contributed by atoms with Crippen LogP contribution < -0.4 is 15.2 Å². The lowest BCUT2D eigenvalue weighted by atomic mass is 9.83. The fourth-order valence-corrected chi connectivity index (χ4v) is 2.71. The summed E-state index contributed by atoms with van der Waals surface area (Å²) in [5.74, 6) is 1.02. The van der Waals surface area contributed by atoms with Crippen molar-refractivity contribution < 1.29 is 9.47 Å². The molecule has 0 unspecified atom stereocenters. The Morgan fingerprint density at radius 3 is 2.73 bits per heavy atom. The Balaban J connectivity index is 2.17. The number of methoxy groups -OCH3 is 1. The topological polar surface area (TPSA) is 97.0 Å². The number of nitriles is 1. The molecule has 3 N–H and O–H groups in total. The molecule has 0 saturated carbocycles. The molecule has 1 aromatic carbocycles. The van der Waals surface area contributed by atoms with Crippen LogP contribution in [-0.2, 0) is 6.42 Å². The Morgan fingerprint density at radius 1 is 1.41 bits per heavy atom. The maximum atomic E-state index is 9.50. The second-order valence-electron chi connectivity index (χ2n) is 4.97. The molecule has 0 amide bonds. The Kier molecular flexibility index (Phi) is 3.47. The molecule has 1 atom stereocenters. The SMILES string of the molecule is CCc1[nH]nc2c1[C@@H](c1ccc(OC)cc1)C(C#N)=C(N)O2.